The van der Waals surface area contributed by atoms with Gasteiger partial charge in [0.2, 0.25) is 5.89 Å². The van der Waals surface area contributed by atoms with Crippen molar-refractivity contribution in [1.82, 2.24) is 9.97 Å². The van der Waals surface area contributed by atoms with Crippen molar-refractivity contribution < 1.29 is 4.42 Å². The largest absolute Gasteiger partial charge is 0.436 e. The maximum atomic E-state index is 5.88. The Labute approximate surface area is 96.7 Å². The van der Waals surface area contributed by atoms with Gasteiger partial charge < -0.3 is 4.42 Å². The van der Waals surface area contributed by atoms with Crippen LogP contribution in [0.1, 0.15) is 0 Å². The first-order valence-corrected chi connectivity index (χ1v) is 5.17. The van der Waals surface area contributed by atoms with E-state index in [0.717, 1.165) is 11.1 Å². The molecule has 3 nitrogen and oxygen atoms in total. The lowest BCUT2D eigenvalue weighted by Crippen LogP contribution is -1.76. The van der Waals surface area contributed by atoms with E-state index in [1.165, 1.54) is 0 Å². The highest BCUT2D eigenvalue weighted by Gasteiger charge is 2.07. The van der Waals surface area contributed by atoms with Gasteiger partial charge >= 0.3 is 0 Å². The van der Waals surface area contributed by atoms with Crippen molar-refractivity contribution in [2.45, 2.75) is 0 Å². The molecule has 78 valence electrons. The van der Waals surface area contributed by atoms with Crippen LogP contribution in [0.3, 0.4) is 0 Å². The molecule has 0 amide bonds. The normalized spacial score (nSPS) is 10.8. The van der Waals surface area contributed by atoms with Gasteiger partial charge in [-0.2, -0.15) is 0 Å². The van der Waals surface area contributed by atoms with Gasteiger partial charge in [0.05, 0.1) is 0 Å². The molecule has 0 saturated heterocycles. The lowest BCUT2D eigenvalue weighted by molar-refractivity contribution is 0.620. The number of rotatable bonds is 1. The molecule has 0 bridgehead atoms. The predicted molar refractivity (Wildman–Crippen MR) is 62.3 cm³/mol. The number of fused-ring (bicyclic) bond motifs is 1. The van der Waals surface area contributed by atoms with E-state index in [1.54, 1.807) is 24.5 Å². The average molecular weight is 231 g/mol. The van der Waals surface area contributed by atoms with Crippen LogP contribution in [0.25, 0.3) is 22.6 Å². The molecular formula is C12H7ClN2O. The van der Waals surface area contributed by atoms with Crippen molar-refractivity contribution in [3.8, 4) is 11.5 Å². The molecule has 3 aromatic rings. The highest BCUT2D eigenvalue weighted by atomic mass is 35.5. The number of hydrogen-bond donors (Lipinski definition) is 0. The van der Waals surface area contributed by atoms with Crippen LogP contribution in [0.15, 0.2) is 47.1 Å². The summed E-state index contributed by atoms with van der Waals surface area (Å²) >= 11 is 5.88. The van der Waals surface area contributed by atoms with Crippen molar-refractivity contribution in [3.63, 3.8) is 0 Å². The Morgan fingerprint density at radius 3 is 2.69 bits per heavy atom. The van der Waals surface area contributed by atoms with Crippen molar-refractivity contribution in [2.24, 2.45) is 0 Å². The fraction of sp³-hybridized carbons (Fsp3) is 0. The quantitative estimate of drug-likeness (QED) is 0.642. The second-order valence-electron chi connectivity index (χ2n) is 3.37. The van der Waals surface area contributed by atoms with Crippen LogP contribution >= 0.6 is 11.6 Å². The zero-order valence-electron chi connectivity index (χ0n) is 8.22. The Bertz CT molecular complexity index is 634. The van der Waals surface area contributed by atoms with Crippen LogP contribution in [0.2, 0.25) is 5.02 Å². The molecular weight excluding hydrogens is 224 g/mol. The minimum Gasteiger partial charge on any atom is -0.436 e. The van der Waals surface area contributed by atoms with E-state index < -0.39 is 0 Å². The number of oxazole rings is 1. The molecule has 0 unspecified atom stereocenters. The van der Waals surface area contributed by atoms with Crippen molar-refractivity contribution >= 4 is 22.7 Å². The first-order chi connectivity index (χ1) is 7.83. The van der Waals surface area contributed by atoms with Gasteiger partial charge in [0, 0.05) is 29.0 Å². The fourth-order valence-corrected chi connectivity index (χ4v) is 1.68. The van der Waals surface area contributed by atoms with Gasteiger partial charge in [-0.15, -0.1) is 0 Å². The summed E-state index contributed by atoms with van der Waals surface area (Å²) in [5, 5.41) is 0.643. The summed E-state index contributed by atoms with van der Waals surface area (Å²) in [7, 11) is 0. The topological polar surface area (TPSA) is 38.9 Å². The van der Waals surface area contributed by atoms with Crippen LogP contribution in [-0.2, 0) is 0 Å². The highest BCUT2D eigenvalue weighted by molar-refractivity contribution is 6.31. The molecule has 0 fully saturated rings. The van der Waals surface area contributed by atoms with Crippen LogP contribution in [0.4, 0.5) is 0 Å². The number of aromatic nitrogens is 2. The van der Waals surface area contributed by atoms with Gasteiger partial charge in [-0.25, -0.2) is 4.98 Å². The molecule has 0 aliphatic heterocycles. The summed E-state index contributed by atoms with van der Waals surface area (Å²) in [4.78, 5) is 8.32. The molecule has 0 aliphatic rings. The van der Waals surface area contributed by atoms with Crippen LogP contribution in [0, 0.1) is 0 Å². The zero-order chi connectivity index (χ0) is 11.0. The van der Waals surface area contributed by atoms with Gasteiger partial charge in [0.15, 0.2) is 5.58 Å². The Kier molecular flexibility index (Phi) is 2.11. The number of pyridine rings is 1. The molecule has 0 saturated carbocycles. The van der Waals surface area contributed by atoms with E-state index in [2.05, 4.69) is 9.97 Å². The summed E-state index contributed by atoms with van der Waals surface area (Å²) < 4.78 is 5.61. The van der Waals surface area contributed by atoms with Gasteiger partial charge in [-0.3, -0.25) is 4.98 Å². The molecule has 2 aromatic heterocycles. The molecule has 0 aliphatic carbocycles. The second kappa shape index (κ2) is 3.61. The maximum absolute atomic E-state index is 5.88. The molecule has 2 heterocycles. The second-order valence-corrected chi connectivity index (χ2v) is 3.80. The minimum absolute atomic E-state index is 0.583. The molecule has 0 spiro atoms. The maximum Gasteiger partial charge on any atom is 0.227 e. The van der Waals surface area contributed by atoms with Gasteiger partial charge in [0.1, 0.15) is 5.52 Å². The molecule has 4 heteroatoms. The van der Waals surface area contributed by atoms with E-state index in [9.17, 15) is 0 Å². The van der Waals surface area contributed by atoms with E-state index in [4.69, 9.17) is 16.0 Å². The summed E-state index contributed by atoms with van der Waals surface area (Å²) in [6, 6.07) is 9.10. The number of benzene rings is 1. The third-order valence-electron chi connectivity index (χ3n) is 2.28. The van der Waals surface area contributed by atoms with Crippen molar-refractivity contribution in [3.05, 3.63) is 47.7 Å². The Morgan fingerprint density at radius 1 is 1.06 bits per heavy atom. The molecule has 0 radical (unpaired) electrons. The Hall–Kier alpha value is -1.87. The van der Waals surface area contributed by atoms with E-state index in [0.29, 0.717) is 16.5 Å². The fourth-order valence-electron chi connectivity index (χ4n) is 1.52. The van der Waals surface area contributed by atoms with Gasteiger partial charge in [0.25, 0.3) is 0 Å². The summed E-state index contributed by atoms with van der Waals surface area (Å²) in [6.07, 6.45) is 3.41. The van der Waals surface area contributed by atoms with E-state index in [-0.39, 0.29) is 0 Å². The first-order valence-electron chi connectivity index (χ1n) is 4.79. The molecule has 16 heavy (non-hydrogen) atoms. The zero-order valence-corrected chi connectivity index (χ0v) is 8.98. The molecule has 0 atom stereocenters. The third kappa shape index (κ3) is 1.55. The van der Waals surface area contributed by atoms with Crippen LogP contribution < -0.4 is 0 Å². The molecule has 0 N–H and O–H groups in total. The molecule has 3 rings (SSSR count). The highest BCUT2D eigenvalue weighted by Crippen LogP contribution is 2.25. The van der Waals surface area contributed by atoms with Gasteiger partial charge in [-0.05, 0) is 24.3 Å². The Balaban J connectivity index is 2.19. The predicted octanol–water partition coefficient (Wildman–Crippen LogP) is 3.54. The smallest absolute Gasteiger partial charge is 0.227 e. The van der Waals surface area contributed by atoms with Crippen LogP contribution in [-0.4, -0.2) is 9.97 Å². The third-order valence-corrected chi connectivity index (χ3v) is 2.51. The summed E-state index contributed by atoms with van der Waals surface area (Å²) in [5.41, 5.74) is 2.40. The monoisotopic (exact) mass is 230 g/mol. The minimum atomic E-state index is 0.583. The van der Waals surface area contributed by atoms with Crippen molar-refractivity contribution in [1.29, 1.82) is 0 Å². The number of halogens is 1. The standard InChI is InChI=1S/C12H7ClN2O/c13-9-1-2-10-11(7-9)16-12(15-10)8-3-5-14-6-4-8/h1-7H. The first kappa shape index (κ1) is 9.36. The van der Waals surface area contributed by atoms with E-state index in [1.807, 2.05) is 18.2 Å². The average Bonchev–Trinajstić information content (AvgIpc) is 2.73. The Morgan fingerprint density at radius 2 is 1.88 bits per heavy atom. The van der Waals surface area contributed by atoms with Gasteiger partial charge in [-0.1, -0.05) is 11.6 Å². The van der Waals surface area contributed by atoms with Crippen molar-refractivity contribution in [2.75, 3.05) is 0 Å². The lowest BCUT2D eigenvalue weighted by Gasteiger charge is -1.91. The SMILES string of the molecule is Clc1ccc2nc(-c3ccncc3)oc2c1. The summed E-state index contributed by atoms with van der Waals surface area (Å²) in [6.45, 7) is 0. The van der Waals surface area contributed by atoms with Crippen LogP contribution in [0.5, 0.6) is 0 Å². The summed E-state index contributed by atoms with van der Waals surface area (Å²) in [5.74, 6) is 0.583. The lowest BCUT2D eigenvalue weighted by atomic mass is 10.3. The molecule has 1 aromatic carbocycles. The number of hydrogen-bond acceptors (Lipinski definition) is 3. The number of nitrogens with zero attached hydrogens (tertiary/aromatic N) is 2. The van der Waals surface area contributed by atoms with E-state index >= 15 is 0 Å².